The molecule has 0 radical (unpaired) electrons. The Morgan fingerprint density at radius 3 is 1.61 bits per heavy atom. The minimum absolute atomic E-state index is 0. The van der Waals surface area contributed by atoms with Crippen molar-refractivity contribution in [3.8, 4) is 0 Å². The molecule has 6 aliphatic heterocycles. The van der Waals surface area contributed by atoms with E-state index in [1.165, 1.54) is 5.56 Å². The number of para-hydroxylation sites is 2. The molecule has 2 aromatic carbocycles. The molecular formula is C81H105Cl3I3N10O13S3V-2. The zero-order valence-corrected chi connectivity index (χ0v) is 78.3. The number of aliphatic carboxylic acids is 2. The van der Waals surface area contributed by atoms with Crippen LogP contribution >= 0.6 is 83.1 Å². The van der Waals surface area contributed by atoms with E-state index in [9.17, 15) is 48.5 Å². The topological polar surface area (TPSA) is 327 Å². The molecule has 0 aliphatic carbocycles. The quantitative estimate of drug-likeness (QED) is 0.00843. The second-order valence-electron chi connectivity index (χ2n) is 29.5. The Hall–Kier alpha value is -4.83. The van der Waals surface area contributed by atoms with Gasteiger partial charge in [-0.3, -0.25) is 19.4 Å². The Bertz CT molecular complexity index is 4730. The molecule has 624 valence electrons. The number of aryl methyl sites for hydroxylation is 2. The van der Waals surface area contributed by atoms with E-state index in [1.807, 2.05) is 167 Å². The number of aromatic nitrogens is 2. The number of benzene rings is 2. The molecule has 0 amide bonds. The fraction of sp³-hybridized carbons (Fsp3) is 0.444. The first-order valence-electron chi connectivity index (χ1n) is 37.3. The van der Waals surface area contributed by atoms with Gasteiger partial charge in [0.05, 0.1) is 88.5 Å². The van der Waals surface area contributed by atoms with E-state index >= 15 is 0 Å². The van der Waals surface area contributed by atoms with Crippen molar-refractivity contribution in [3.63, 3.8) is 0 Å². The van der Waals surface area contributed by atoms with Gasteiger partial charge in [-0.05, 0) is 188 Å². The van der Waals surface area contributed by atoms with Gasteiger partial charge >= 0.3 is 88.4 Å². The average molecular weight is 2060 g/mol. The van der Waals surface area contributed by atoms with Crippen molar-refractivity contribution in [2.75, 3.05) is 68.4 Å². The van der Waals surface area contributed by atoms with Crippen molar-refractivity contribution in [1.82, 2.24) is 14.7 Å². The first-order chi connectivity index (χ1) is 52.8. The second kappa shape index (κ2) is 47.2. The third-order valence-corrected chi connectivity index (χ3v) is 23.2. The number of carboxylic acid groups (broad SMARTS) is 2. The summed E-state index contributed by atoms with van der Waals surface area (Å²) < 4.78 is 102. The number of hydrogen-bond donors (Lipinski definition) is 4. The van der Waals surface area contributed by atoms with Gasteiger partial charge in [0.2, 0.25) is 5.69 Å². The molecule has 33 heteroatoms. The first-order valence-corrected chi connectivity index (χ1v) is 56.3. The predicted molar refractivity (Wildman–Crippen MR) is 472 cm³/mol. The molecule has 4 aromatic rings. The molecule has 8 heterocycles. The second-order valence-corrected chi connectivity index (χ2v) is 70.2. The number of nitrogens with one attached hydrogen (secondary N) is 2. The van der Waals surface area contributed by atoms with E-state index in [4.69, 9.17) is 43.4 Å². The summed E-state index contributed by atoms with van der Waals surface area (Å²) in [5.74, 6) is -0.0627. The van der Waals surface area contributed by atoms with Crippen LogP contribution in [0.4, 0.5) is 23.0 Å². The number of anilines is 1. The van der Waals surface area contributed by atoms with Crippen LogP contribution in [0.25, 0.3) is 0 Å². The van der Waals surface area contributed by atoms with Crippen LogP contribution in [0.5, 0.6) is 0 Å². The SMILES string of the molecule is CC1(C)C2=CC=CN(CCCCS(=O)(=O)[O-])C2=N/C1=C/C=C1\CN(CCCCCC(=O)O)CC(/C=C/C2=Nc3c(ccc[n+]3CCCCS(=O)(=O)[O-])C2(C)C)=C1Cl.CC1=Nc2c(ccc[n+]2CCCCS(=O)(=O)[O-])C1(C)C.O=C(O)CCCCCN1CC(C=[NH+]c2ccccc2)=C(Cl)/C(=C/Nc2ccccc2)C1.[CH3-].[Cl-].[I][V]([I])[I]. The van der Waals surface area contributed by atoms with Gasteiger partial charge in [0, 0.05) is 120 Å². The molecule has 6 aliphatic rings. The number of carbonyl (C=O) groups is 2. The van der Waals surface area contributed by atoms with Crippen molar-refractivity contribution >= 4 is 172 Å². The Morgan fingerprint density at radius 1 is 0.596 bits per heavy atom. The van der Waals surface area contributed by atoms with Gasteiger partial charge < -0.3 is 53.9 Å². The summed E-state index contributed by atoms with van der Waals surface area (Å²) in [6.07, 6.45) is 29.6. The number of allylic oxidation sites excluding steroid dienone is 6. The molecule has 0 fully saturated rings. The fourth-order valence-electron chi connectivity index (χ4n) is 13.4. The molecular weight excluding hydrogens is 1960 g/mol. The number of nitrogens with zero attached hydrogens (tertiary/aromatic N) is 8. The van der Waals surface area contributed by atoms with Crippen LogP contribution in [-0.4, -0.2) is 162 Å². The average Bonchev–Trinajstić information content (AvgIpc) is 1.62. The molecule has 4 N–H and O–H groups in total. The minimum atomic E-state index is -4.26. The van der Waals surface area contributed by atoms with Crippen LogP contribution < -0.4 is 31.9 Å². The molecule has 0 spiro atoms. The van der Waals surface area contributed by atoms with E-state index in [0.29, 0.717) is 76.3 Å². The Morgan fingerprint density at radius 2 is 1.08 bits per heavy atom. The number of halogens is 6. The van der Waals surface area contributed by atoms with Gasteiger partial charge in [0.25, 0.3) is 0 Å². The number of aliphatic imine (C=N–C) groups is 3. The van der Waals surface area contributed by atoms with Crippen LogP contribution in [0.3, 0.4) is 0 Å². The number of fused-ring (bicyclic) bond motifs is 3. The number of carboxylic acids is 2. The normalized spacial score (nSPS) is 18.0. The number of amidine groups is 1. The summed E-state index contributed by atoms with van der Waals surface area (Å²) in [6, 6.07) is 28.1. The summed E-state index contributed by atoms with van der Waals surface area (Å²) in [7, 11) is -12.6. The van der Waals surface area contributed by atoms with E-state index in [1.54, 1.807) is 0 Å². The maximum absolute atomic E-state index is 11.1. The van der Waals surface area contributed by atoms with Gasteiger partial charge in [0.15, 0.2) is 11.9 Å². The van der Waals surface area contributed by atoms with Crippen LogP contribution in [0.2, 0.25) is 0 Å². The molecule has 114 heavy (non-hydrogen) atoms. The summed E-state index contributed by atoms with van der Waals surface area (Å²) in [4.78, 5) is 46.2. The first kappa shape index (κ1) is 99.7. The number of pyridine rings is 2. The molecule has 2 aromatic heterocycles. The molecule has 0 unspecified atom stereocenters. The van der Waals surface area contributed by atoms with Crippen molar-refractivity contribution in [3.05, 3.63) is 208 Å². The monoisotopic (exact) mass is 2060 g/mol. The van der Waals surface area contributed by atoms with Crippen molar-refractivity contribution in [2.45, 2.75) is 162 Å². The standard InChI is InChI=1S/C41H54ClN5O8S2.C25H28ClN3O2.C14H20N2O3S.CH3.ClH.3HI.V/c1-40(2)32-14-12-24-46(22-8-10-26-56(50,51)52)38(32)43-34(40)19-17-30-28-45(21-7-5-6-16-36(48)49)29-31(37(30)42)18-20-35-41(3,4)33-15-13-25-47(39(33)44-35)23-9-11-27-57(53,54)55;26-25-20(16-27-22-10-4-1-5-11-22)18-29(15-9-3-8-14-24(30)31)19-21(25)17-28-23-12-6-2-7-13-23;1-11-14(2,3)12-7-6-9-16(13(12)15-11)8-4-5-10-20(17,18)19;;;;;;/h12-15,17-20,24-25H,5-11,16,21-23,26-29H2,1-4H3,(H2-,48,49,50,51,52,53,54,55);1-2,4-7,10-13,16-17,27H,3,8-9,14-15,18-19H2,(H,30,31);6-7,9H,4-5,8,10H2,1-3H3;1H3;4*1H;/q;;;-1;;;;;+3/p-4/b;20-16+,28-17?;;;;;;;. The molecule has 23 nitrogen and oxygen atoms in total. The summed E-state index contributed by atoms with van der Waals surface area (Å²) in [5, 5.41) is 22.6. The van der Waals surface area contributed by atoms with Crippen LogP contribution in [0, 0.1) is 12.8 Å². The Kier molecular flexibility index (Phi) is 41.3. The molecule has 0 saturated carbocycles. The van der Waals surface area contributed by atoms with Crippen LogP contribution in [-0.2, 0) is 68.8 Å². The van der Waals surface area contributed by atoms with E-state index in [2.05, 4.69) is 133 Å². The van der Waals surface area contributed by atoms with Gasteiger partial charge in [-0.25, -0.2) is 44.4 Å². The number of unbranched alkanes of at least 4 members (excludes halogenated alkanes) is 7. The zero-order valence-electron chi connectivity index (χ0n) is 65.7. The van der Waals surface area contributed by atoms with E-state index < -0.39 is 64.6 Å². The van der Waals surface area contributed by atoms with Crippen molar-refractivity contribution in [1.29, 1.82) is 0 Å². The zero-order chi connectivity index (χ0) is 82.0. The van der Waals surface area contributed by atoms with Gasteiger partial charge in [-0.15, -0.1) is 0 Å². The van der Waals surface area contributed by atoms with Crippen LogP contribution in [0.1, 0.15) is 149 Å². The third-order valence-electron chi connectivity index (χ3n) is 19.9. The van der Waals surface area contributed by atoms with Gasteiger partial charge in [-0.2, -0.15) is 0 Å². The maximum atomic E-state index is 11.1. The Labute approximate surface area is 728 Å². The van der Waals surface area contributed by atoms with E-state index in [-0.39, 0.29) is 61.6 Å². The van der Waals surface area contributed by atoms with Crippen molar-refractivity contribution < 1.29 is 90.2 Å². The van der Waals surface area contributed by atoms with Gasteiger partial charge in [0.1, 0.15) is 11.5 Å². The third kappa shape index (κ3) is 32.4. The van der Waals surface area contributed by atoms with E-state index in [0.717, 1.165) is 136 Å². The molecule has 10 rings (SSSR count). The number of hydrogen-bond acceptors (Lipinski definition) is 18. The Balaban J connectivity index is 0.000000338. The number of rotatable bonds is 34. The summed E-state index contributed by atoms with van der Waals surface area (Å²) in [5.41, 5.74) is 11.1. The van der Waals surface area contributed by atoms with Crippen LogP contribution in [0.15, 0.2) is 205 Å². The molecule has 0 atom stereocenters. The van der Waals surface area contributed by atoms with Gasteiger partial charge in [-0.1, -0.05) is 105 Å². The summed E-state index contributed by atoms with van der Waals surface area (Å²) in [6.45, 7) is 20.8. The summed E-state index contributed by atoms with van der Waals surface area (Å²) >= 11 is 21.4. The molecule has 0 saturated heterocycles. The predicted octanol–water partition coefficient (Wildman–Crippen LogP) is 11.7. The fourth-order valence-corrected chi connectivity index (χ4v) is 15.5. The molecule has 0 bridgehead atoms. The van der Waals surface area contributed by atoms with Crippen molar-refractivity contribution in [2.24, 2.45) is 20.4 Å².